The van der Waals surface area contributed by atoms with Crippen molar-refractivity contribution in [1.29, 1.82) is 0 Å². The van der Waals surface area contributed by atoms with Crippen molar-refractivity contribution >= 4 is 5.97 Å². The van der Waals surface area contributed by atoms with Crippen molar-refractivity contribution in [3.05, 3.63) is 41.9 Å². The number of hydrogen-bond acceptors (Lipinski definition) is 5. The Hall–Kier alpha value is -2.82. The Morgan fingerprint density at radius 3 is 1.85 bits per heavy atom. The summed E-state index contributed by atoms with van der Waals surface area (Å²) < 4.78 is 57.3. The molecule has 0 aromatic heterocycles. The van der Waals surface area contributed by atoms with Crippen molar-refractivity contribution < 1.29 is 36.9 Å². The number of methoxy groups -OCH3 is 1. The van der Waals surface area contributed by atoms with Crippen LogP contribution in [0.3, 0.4) is 0 Å². The minimum atomic E-state index is -4.80. The average molecular weight is 553 g/mol. The zero-order valence-corrected chi connectivity index (χ0v) is 23.2. The van der Waals surface area contributed by atoms with E-state index in [2.05, 4.69) is 21.3 Å². The fraction of sp³-hybridized carbons (Fsp3) is 0.645. The summed E-state index contributed by atoms with van der Waals surface area (Å²) in [6, 6.07) is 4.27. The van der Waals surface area contributed by atoms with E-state index in [1.165, 1.54) is 108 Å². The first-order valence-corrected chi connectivity index (χ1v) is 14.3. The lowest BCUT2D eigenvalue weighted by Crippen LogP contribution is -2.19. The van der Waals surface area contributed by atoms with Crippen molar-refractivity contribution in [3.63, 3.8) is 0 Å². The Balaban J connectivity index is 1.47. The van der Waals surface area contributed by atoms with Gasteiger partial charge in [0, 0.05) is 18.4 Å². The standard InChI is InChI=1S/C31H43F3O5/c1-36-29(35)20-18-16-14-12-10-8-6-4-2-3-5-7-9-11-13-15-17-19-26-21-22-28(39-31(32,33)34)27(25-26)30-37-23-24-38-30/h21-25,30H,2-16,18,20H2,1H3. The fourth-order valence-corrected chi connectivity index (χ4v) is 4.46. The van der Waals surface area contributed by atoms with Gasteiger partial charge in [0.1, 0.15) is 18.3 Å². The molecule has 1 aliphatic rings. The third-order valence-corrected chi connectivity index (χ3v) is 6.59. The summed E-state index contributed by atoms with van der Waals surface area (Å²) in [5, 5.41) is 0. The van der Waals surface area contributed by atoms with Crippen LogP contribution in [0, 0.1) is 11.8 Å². The van der Waals surface area contributed by atoms with Gasteiger partial charge in [0.25, 0.3) is 6.29 Å². The van der Waals surface area contributed by atoms with Gasteiger partial charge in [-0.25, -0.2) is 0 Å². The number of rotatable bonds is 19. The van der Waals surface area contributed by atoms with E-state index in [0.29, 0.717) is 12.0 Å². The molecule has 0 saturated carbocycles. The number of hydrogen-bond donors (Lipinski definition) is 0. The third-order valence-electron chi connectivity index (χ3n) is 6.59. The lowest BCUT2D eigenvalue weighted by molar-refractivity contribution is -0.275. The molecule has 0 bridgehead atoms. The molecule has 0 atom stereocenters. The predicted octanol–water partition coefficient (Wildman–Crippen LogP) is 9.26. The van der Waals surface area contributed by atoms with Gasteiger partial charge in [0.15, 0.2) is 0 Å². The predicted molar refractivity (Wildman–Crippen MR) is 145 cm³/mol. The van der Waals surface area contributed by atoms with Gasteiger partial charge in [0.2, 0.25) is 0 Å². The fourth-order valence-electron chi connectivity index (χ4n) is 4.46. The molecule has 0 aliphatic carbocycles. The molecule has 218 valence electrons. The molecular weight excluding hydrogens is 509 g/mol. The summed E-state index contributed by atoms with van der Waals surface area (Å²) in [4.78, 5) is 11.0. The average Bonchev–Trinajstić information content (AvgIpc) is 3.44. The minimum absolute atomic E-state index is 0.105. The summed E-state index contributed by atoms with van der Waals surface area (Å²) in [5.41, 5.74) is 0.738. The molecular formula is C31H43F3O5. The van der Waals surface area contributed by atoms with Gasteiger partial charge < -0.3 is 18.9 Å². The maximum absolute atomic E-state index is 12.7. The lowest BCUT2D eigenvalue weighted by atomic mass is 10.0. The van der Waals surface area contributed by atoms with E-state index < -0.39 is 12.7 Å². The van der Waals surface area contributed by atoms with Gasteiger partial charge in [-0.05, 0) is 31.0 Å². The van der Waals surface area contributed by atoms with Gasteiger partial charge in [-0.3, -0.25) is 4.79 Å². The van der Waals surface area contributed by atoms with E-state index in [9.17, 15) is 18.0 Å². The molecule has 0 spiro atoms. The highest BCUT2D eigenvalue weighted by molar-refractivity contribution is 5.68. The van der Waals surface area contributed by atoms with Crippen LogP contribution in [0.25, 0.3) is 0 Å². The van der Waals surface area contributed by atoms with Crippen LogP contribution >= 0.6 is 0 Å². The monoisotopic (exact) mass is 552 g/mol. The SMILES string of the molecule is COC(=O)CCCCCCCCCCCCCCCCCC#Cc1ccc(OC(F)(F)F)c(C2OC=CO2)c1. The Kier molecular flexibility index (Phi) is 16.0. The second kappa shape index (κ2) is 19.3. The van der Waals surface area contributed by atoms with Crippen molar-refractivity contribution in [2.45, 2.75) is 122 Å². The first kappa shape index (κ1) is 32.4. The van der Waals surface area contributed by atoms with Gasteiger partial charge in [-0.15, -0.1) is 13.2 Å². The number of alkyl halides is 3. The molecule has 0 radical (unpaired) electrons. The maximum atomic E-state index is 12.7. The molecule has 0 N–H and O–H groups in total. The van der Waals surface area contributed by atoms with Crippen molar-refractivity contribution in [2.24, 2.45) is 0 Å². The highest BCUT2D eigenvalue weighted by atomic mass is 19.4. The van der Waals surface area contributed by atoms with E-state index in [-0.39, 0.29) is 17.3 Å². The first-order valence-electron chi connectivity index (χ1n) is 14.3. The Morgan fingerprint density at radius 1 is 0.821 bits per heavy atom. The lowest BCUT2D eigenvalue weighted by Gasteiger charge is -2.17. The summed E-state index contributed by atoms with van der Waals surface area (Å²) >= 11 is 0. The molecule has 1 aromatic carbocycles. The molecule has 2 rings (SSSR count). The number of unbranched alkanes of at least 4 members (excludes halogenated alkanes) is 15. The van der Waals surface area contributed by atoms with Gasteiger partial charge in [0.05, 0.1) is 12.7 Å². The Bertz CT molecular complexity index is 909. The number of carbonyl (C=O) groups excluding carboxylic acids is 1. The Labute approximate surface area is 231 Å². The number of carbonyl (C=O) groups is 1. The second-order valence-electron chi connectivity index (χ2n) is 9.86. The first-order chi connectivity index (χ1) is 18.9. The number of benzene rings is 1. The number of halogens is 3. The van der Waals surface area contributed by atoms with Crippen LogP contribution in [-0.4, -0.2) is 19.4 Å². The van der Waals surface area contributed by atoms with Gasteiger partial charge >= 0.3 is 12.3 Å². The van der Waals surface area contributed by atoms with E-state index in [1.807, 2.05) is 0 Å². The smallest absolute Gasteiger partial charge is 0.469 e. The molecule has 1 heterocycles. The molecule has 8 heteroatoms. The number of ether oxygens (including phenoxy) is 4. The van der Waals surface area contributed by atoms with Crippen LogP contribution < -0.4 is 4.74 Å². The van der Waals surface area contributed by atoms with Crippen LogP contribution in [0.1, 0.15) is 127 Å². The van der Waals surface area contributed by atoms with E-state index in [0.717, 1.165) is 32.1 Å². The molecule has 39 heavy (non-hydrogen) atoms. The second-order valence-corrected chi connectivity index (χ2v) is 9.86. The summed E-state index contributed by atoms with van der Waals surface area (Å²) in [5.74, 6) is 5.67. The maximum Gasteiger partial charge on any atom is 0.573 e. The van der Waals surface area contributed by atoms with Crippen molar-refractivity contribution in [1.82, 2.24) is 0 Å². The highest BCUT2D eigenvalue weighted by Crippen LogP contribution is 2.35. The van der Waals surface area contributed by atoms with Crippen LogP contribution in [0.4, 0.5) is 13.2 Å². The minimum Gasteiger partial charge on any atom is -0.469 e. The molecule has 5 nitrogen and oxygen atoms in total. The molecule has 1 aromatic rings. The van der Waals surface area contributed by atoms with Crippen molar-refractivity contribution in [3.8, 4) is 17.6 Å². The van der Waals surface area contributed by atoms with E-state index in [4.69, 9.17) is 9.47 Å². The van der Waals surface area contributed by atoms with Crippen LogP contribution in [0.5, 0.6) is 5.75 Å². The quantitative estimate of drug-likeness (QED) is 0.0972. The largest absolute Gasteiger partial charge is 0.573 e. The molecule has 1 aliphatic heterocycles. The topological polar surface area (TPSA) is 54.0 Å². The van der Waals surface area contributed by atoms with Crippen LogP contribution in [0.2, 0.25) is 0 Å². The van der Waals surface area contributed by atoms with Gasteiger partial charge in [-0.1, -0.05) is 95.3 Å². The summed E-state index contributed by atoms with van der Waals surface area (Å²) in [7, 11) is 1.44. The number of esters is 1. The summed E-state index contributed by atoms with van der Waals surface area (Å²) in [6.45, 7) is 0. The van der Waals surface area contributed by atoms with Gasteiger partial charge in [-0.2, -0.15) is 0 Å². The molecule has 0 amide bonds. The van der Waals surface area contributed by atoms with E-state index >= 15 is 0 Å². The highest BCUT2D eigenvalue weighted by Gasteiger charge is 2.34. The van der Waals surface area contributed by atoms with Crippen LogP contribution in [0.15, 0.2) is 30.7 Å². The Morgan fingerprint density at radius 2 is 1.33 bits per heavy atom. The zero-order valence-electron chi connectivity index (χ0n) is 23.2. The summed E-state index contributed by atoms with van der Waals surface area (Å²) in [6.07, 6.45) is 16.3. The molecule has 0 saturated heterocycles. The van der Waals surface area contributed by atoms with Crippen LogP contribution in [-0.2, 0) is 19.0 Å². The normalized spacial score (nSPS) is 12.9. The molecule has 0 fully saturated rings. The molecule has 0 unspecified atom stereocenters. The zero-order chi connectivity index (χ0) is 28.2. The van der Waals surface area contributed by atoms with Crippen molar-refractivity contribution in [2.75, 3.05) is 7.11 Å². The van der Waals surface area contributed by atoms with E-state index in [1.54, 1.807) is 0 Å². The third kappa shape index (κ3) is 15.4.